The predicted octanol–water partition coefficient (Wildman–Crippen LogP) is 3.73. The van der Waals surface area contributed by atoms with Crippen LogP contribution in [0.4, 0.5) is 0 Å². The molecule has 1 heterocycles. The highest BCUT2D eigenvalue weighted by Crippen LogP contribution is 2.26. The molecule has 6 heteroatoms. The van der Waals surface area contributed by atoms with Gasteiger partial charge in [-0.1, -0.05) is 41.9 Å². The van der Waals surface area contributed by atoms with Gasteiger partial charge in [0.1, 0.15) is 5.25 Å². The molecule has 0 amide bonds. The lowest BCUT2D eigenvalue weighted by Crippen LogP contribution is -2.19. The molecule has 1 aromatic heterocycles. The molecule has 0 radical (unpaired) electrons. The molecule has 0 fully saturated rings. The van der Waals surface area contributed by atoms with Gasteiger partial charge in [0.05, 0.1) is 0 Å². The van der Waals surface area contributed by atoms with Crippen molar-refractivity contribution in [1.82, 2.24) is 4.98 Å². The van der Waals surface area contributed by atoms with Crippen LogP contribution in [0.5, 0.6) is 0 Å². The summed E-state index contributed by atoms with van der Waals surface area (Å²) in [6, 6.07) is 9.65. The van der Waals surface area contributed by atoms with Crippen molar-refractivity contribution in [1.29, 1.82) is 0 Å². The first-order chi connectivity index (χ1) is 9.15. The molecule has 100 valence electrons. The quantitative estimate of drug-likeness (QED) is 0.883. The fourth-order valence-electron chi connectivity index (χ4n) is 1.58. The first-order valence-corrected chi connectivity index (χ1v) is 7.88. The van der Waals surface area contributed by atoms with Crippen LogP contribution in [-0.4, -0.2) is 21.3 Å². The van der Waals surface area contributed by atoms with Crippen LogP contribution in [0.3, 0.4) is 0 Å². The number of aromatic nitrogens is 1. The van der Waals surface area contributed by atoms with E-state index in [0.717, 1.165) is 10.4 Å². The van der Waals surface area contributed by atoms with Crippen LogP contribution in [0.1, 0.15) is 10.4 Å². The van der Waals surface area contributed by atoms with E-state index in [0.29, 0.717) is 16.6 Å². The fraction of sp³-hybridized carbons (Fsp3) is 0.231. The van der Waals surface area contributed by atoms with Gasteiger partial charge in [-0.15, -0.1) is 23.1 Å². The van der Waals surface area contributed by atoms with Crippen molar-refractivity contribution in [3.8, 4) is 0 Å². The van der Waals surface area contributed by atoms with Gasteiger partial charge in [0.2, 0.25) is 0 Å². The minimum Gasteiger partial charge on any atom is -0.480 e. The number of hydrogen-bond acceptors (Lipinski definition) is 4. The summed E-state index contributed by atoms with van der Waals surface area (Å²) < 4.78 is 0.491. The van der Waals surface area contributed by atoms with Gasteiger partial charge in [0.15, 0.2) is 4.47 Å². The Morgan fingerprint density at radius 2 is 2.16 bits per heavy atom. The molecule has 0 spiro atoms. The number of rotatable bonds is 6. The maximum absolute atomic E-state index is 11.3. The molecular weight excluding hydrogens is 302 g/mol. The standard InChI is InChI=1S/C13H12ClNO2S2/c14-13-15-7-10(19-13)8-18-11(12(16)17)6-9-4-2-1-3-5-9/h1-5,7,11H,6,8H2,(H,16,17). The van der Waals surface area contributed by atoms with Crippen molar-refractivity contribution in [2.75, 3.05) is 0 Å². The molecule has 0 aliphatic rings. The second kappa shape index (κ2) is 6.93. The highest BCUT2D eigenvalue weighted by molar-refractivity contribution is 7.99. The van der Waals surface area contributed by atoms with Gasteiger partial charge in [-0.25, -0.2) is 4.98 Å². The predicted molar refractivity (Wildman–Crippen MR) is 80.0 cm³/mol. The number of carbonyl (C=O) groups is 1. The second-order valence-electron chi connectivity index (χ2n) is 3.91. The SMILES string of the molecule is O=C(O)C(Cc1ccccc1)SCc1cnc(Cl)s1. The minimum absolute atomic E-state index is 0.455. The van der Waals surface area contributed by atoms with Gasteiger partial charge >= 0.3 is 5.97 Å². The molecule has 1 N–H and O–H groups in total. The van der Waals surface area contributed by atoms with Crippen LogP contribution in [0, 0.1) is 0 Å². The van der Waals surface area contributed by atoms with Gasteiger partial charge in [-0.05, 0) is 12.0 Å². The average molecular weight is 314 g/mol. The molecule has 0 bridgehead atoms. The second-order valence-corrected chi connectivity index (χ2v) is 6.80. The van der Waals surface area contributed by atoms with E-state index in [1.165, 1.54) is 23.1 Å². The lowest BCUT2D eigenvalue weighted by molar-refractivity contribution is -0.136. The molecule has 0 aliphatic carbocycles. The number of benzene rings is 1. The van der Waals surface area contributed by atoms with Crippen molar-refractivity contribution >= 4 is 40.7 Å². The maximum atomic E-state index is 11.3. The largest absolute Gasteiger partial charge is 0.480 e. The number of carboxylic acids is 1. The minimum atomic E-state index is -0.788. The van der Waals surface area contributed by atoms with Crippen molar-refractivity contribution in [2.45, 2.75) is 17.4 Å². The molecule has 2 aromatic rings. The first-order valence-electron chi connectivity index (χ1n) is 5.63. The topological polar surface area (TPSA) is 50.2 Å². The zero-order chi connectivity index (χ0) is 13.7. The lowest BCUT2D eigenvalue weighted by Gasteiger charge is -2.11. The van der Waals surface area contributed by atoms with E-state index >= 15 is 0 Å². The molecule has 19 heavy (non-hydrogen) atoms. The normalized spacial score (nSPS) is 12.3. The third-order valence-electron chi connectivity index (χ3n) is 2.49. The zero-order valence-corrected chi connectivity index (χ0v) is 12.3. The monoisotopic (exact) mass is 313 g/mol. The number of nitrogens with zero attached hydrogens (tertiary/aromatic N) is 1. The zero-order valence-electron chi connectivity index (χ0n) is 9.95. The van der Waals surface area contributed by atoms with Crippen LogP contribution in [-0.2, 0) is 17.0 Å². The van der Waals surface area contributed by atoms with Crippen molar-refractivity contribution in [3.05, 3.63) is 51.4 Å². The summed E-state index contributed by atoms with van der Waals surface area (Å²) in [5, 5.41) is 8.80. The van der Waals surface area contributed by atoms with E-state index in [2.05, 4.69) is 4.98 Å². The number of carboxylic acid groups (broad SMARTS) is 1. The van der Waals surface area contributed by atoms with Crippen LogP contribution < -0.4 is 0 Å². The van der Waals surface area contributed by atoms with Crippen molar-refractivity contribution in [3.63, 3.8) is 0 Å². The van der Waals surface area contributed by atoms with Crippen LogP contribution >= 0.6 is 34.7 Å². The molecule has 0 saturated heterocycles. The Morgan fingerprint density at radius 3 is 2.74 bits per heavy atom. The van der Waals surface area contributed by atoms with E-state index in [1.54, 1.807) is 6.20 Å². The lowest BCUT2D eigenvalue weighted by atomic mass is 10.1. The Hall–Kier alpha value is -1.04. The Morgan fingerprint density at radius 1 is 1.42 bits per heavy atom. The van der Waals surface area contributed by atoms with Gasteiger partial charge in [0, 0.05) is 16.8 Å². The molecule has 0 saturated carbocycles. The number of halogens is 1. The number of hydrogen-bond donors (Lipinski definition) is 1. The Bertz CT molecular complexity index is 545. The van der Waals surface area contributed by atoms with E-state index in [1.807, 2.05) is 30.3 Å². The summed E-state index contributed by atoms with van der Waals surface area (Å²) in [5.41, 5.74) is 1.03. The summed E-state index contributed by atoms with van der Waals surface area (Å²) in [6.07, 6.45) is 2.22. The smallest absolute Gasteiger partial charge is 0.316 e. The highest BCUT2D eigenvalue weighted by atomic mass is 35.5. The van der Waals surface area contributed by atoms with E-state index in [9.17, 15) is 9.90 Å². The summed E-state index contributed by atoms with van der Waals surface area (Å²) in [5.74, 6) is -0.168. The number of aliphatic carboxylic acids is 1. The van der Waals surface area contributed by atoms with E-state index in [4.69, 9.17) is 11.6 Å². The van der Waals surface area contributed by atoms with Crippen molar-refractivity contribution in [2.24, 2.45) is 0 Å². The highest BCUT2D eigenvalue weighted by Gasteiger charge is 2.19. The number of thioether (sulfide) groups is 1. The summed E-state index contributed by atoms with van der Waals surface area (Å²) in [4.78, 5) is 16.2. The maximum Gasteiger partial charge on any atom is 0.316 e. The fourth-order valence-corrected chi connectivity index (χ4v) is 3.68. The summed E-state index contributed by atoms with van der Waals surface area (Å²) >= 11 is 8.54. The van der Waals surface area contributed by atoms with E-state index < -0.39 is 11.2 Å². The summed E-state index contributed by atoms with van der Waals surface area (Å²) in [6.45, 7) is 0. The van der Waals surface area contributed by atoms with Crippen LogP contribution in [0.25, 0.3) is 0 Å². The molecule has 2 rings (SSSR count). The van der Waals surface area contributed by atoms with E-state index in [-0.39, 0.29) is 0 Å². The molecule has 1 atom stereocenters. The molecule has 3 nitrogen and oxygen atoms in total. The Labute approximate surface area is 124 Å². The summed E-state index contributed by atoms with van der Waals surface area (Å²) in [7, 11) is 0. The average Bonchev–Trinajstić information content (AvgIpc) is 2.81. The Kier molecular flexibility index (Phi) is 5.24. The van der Waals surface area contributed by atoms with Gasteiger partial charge < -0.3 is 5.11 Å². The van der Waals surface area contributed by atoms with Gasteiger partial charge in [0.25, 0.3) is 0 Å². The Balaban J connectivity index is 1.95. The first kappa shape index (κ1) is 14.4. The van der Waals surface area contributed by atoms with Crippen molar-refractivity contribution < 1.29 is 9.90 Å². The number of thiazole rings is 1. The third-order valence-corrected chi connectivity index (χ3v) is 5.04. The van der Waals surface area contributed by atoms with Gasteiger partial charge in [-0.2, -0.15) is 0 Å². The van der Waals surface area contributed by atoms with Crippen LogP contribution in [0.15, 0.2) is 36.5 Å². The molecular formula is C13H12ClNO2S2. The van der Waals surface area contributed by atoms with Gasteiger partial charge in [-0.3, -0.25) is 4.79 Å². The molecule has 1 unspecified atom stereocenters. The molecule has 1 aromatic carbocycles. The van der Waals surface area contributed by atoms with Crippen LogP contribution in [0.2, 0.25) is 4.47 Å². The molecule has 0 aliphatic heterocycles. The third kappa shape index (κ3) is 4.53.